The summed E-state index contributed by atoms with van der Waals surface area (Å²) in [4.78, 5) is 9.42. The molecule has 0 radical (unpaired) electrons. The first kappa shape index (κ1) is 20.4. The number of aliphatic hydroxyl groups excluding tert-OH is 1. The highest BCUT2D eigenvalue weighted by atomic mass is 16.6. The van der Waals surface area contributed by atoms with Gasteiger partial charge in [0.05, 0.1) is 12.1 Å². The molecule has 1 unspecified atom stereocenters. The van der Waals surface area contributed by atoms with E-state index in [0.717, 1.165) is 22.9 Å². The van der Waals surface area contributed by atoms with Gasteiger partial charge in [0.2, 0.25) is 5.79 Å². The van der Waals surface area contributed by atoms with Gasteiger partial charge in [0, 0.05) is 38.3 Å². The van der Waals surface area contributed by atoms with E-state index in [1.54, 1.807) is 12.1 Å². The number of hydrogen-bond acceptors (Lipinski definition) is 7. The van der Waals surface area contributed by atoms with Crippen LogP contribution in [0.2, 0.25) is 0 Å². The number of ether oxygens (including phenoxy) is 2. The smallest absolute Gasteiger partial charge is 0.207 e. The Bertz CT molecular complexity index is 1050. The summed E-state index contributed by atoms with van der Waals surface area (Å²) in [5.41, 5.74) is 1.60. The number of rotatable bonds is 6. The van der Waals surface area contributed by atoms with Crippen LogP contribution in [0.25, 0.3) is 22.9 Å². The average Bonchev–Trinajstić information content (AvgIpc) is 3.21. The molecule has 9 nitrogen and oxygen atoms in total. The van der Waals surface area contributed by atoms with Crippen molar-refractivity contribution in [3.8, 4) is 34.4 Å². The second kappa shape index (κ2) is 7.73. The molecule has 9 heteroatoms. The topological polar surface area (TPSA) is 107 Å². The fourth-order valence-electron chi connectivity index (χ4n) is 3.51. The minimum atomic E-state index is -1.46. The monoisotopic (exact) mass is 413 g/mol. The van der Waals surface area contributed by atoms with Crippen molar-refractivity contribution >= 4 is 0 Å². The highest BCUT2D eigenvalue weighted by Gasteiger charge is 2.25. The summed E-state index contributed by atoms with van der Waals surface area (Å²) >= 11 is 0. The Balaban J connectivity index is 1.71. The Hall–Kier alpha value is -2.91. The van der Waals surface area contributed by atoms with E-state index in [0.29, 0.717) is 30.5 Å². The first-order valence-corrected chi connectivity index (χ1v) is 10.1. The lowest BCUT2D eigenvalue weighted by Gasteiger charge is -2.24. The van der Waals surface area contributed by atoms with Crippen molar-refractivity contribution in [3.63, 3.8) is 0 Å². The van der Waals surface area contributed by atoms with Gasteiger partial charge in [-0.25, -0.2) is 14.6 Å². The molecule has 1 atom stereocenters. The number of aromatic nitrogens is 5. The van der Waals surface area contributed by atoms with Gasteiger partial charge in [0.1, 0.15) is 35.4 Å². The predicted octanol–water partition coefficient (Wildman–Crippen LogP) is 2.56. The van der Waals surface area contributed by atoms with Gasteiger partial charge in [0.15, 0.2) is 5.82 Å². The second-order valence-electron chi connectivity index (χ2n) is 7.92. The summed E-state index contributed by atoms with van der Waals surface area (Å²) in [5, 5.41) is 23.8. The number of fused-ring (bicyclic) bond motifs is 3. The van der Waals surface area contributed by atoms with E-state index in [1.807, 2.05) is 23.9 Å². The van der Waals surface area contributed by atoms with Crippen molar-refractivity contribution < 1.29 is 19.7 Å². The Labute approximate surface area is 174 Å². The molecule has 0 bridgehead atoms. The fourth-order valence-corrected chi connectivity index (χ4v) is 3.51. The molecule has 3 aromatic rings. The average molecular weight is 413 g/mol. The molecule has 1 aliphatic heterocycles. The van der Waals surface area contributed by atoms with E-state index < -0.39 is 5.79 Å². The molecule has 30 heavy (non-hydrogen) atoms. The number of aliphatic hydroxyl groups is 2. The summed E-state index contributed by atoms with van der Waals surface area (Å²) < 4.78 is 15.5. The van der Waals surface area contributed by atoms with Gasteiger partial charge in [-0.1, -0.05) is 0 Å². The molecule has 2 N–H and O–H groups in total. The zero-order valence-corrected chi connectivity index (χ0v) is 17.7. The maximum absolute atomic E-state index is 10.2. The minimum Gasteiger partial charge on any atom is -0.491 e. The van der Waals surface area contributed by atoms with Crippen LogP contribution >= 0.6 is 0 Å². The molecule has 0 fully saturated rings. The van der Waals surface area contributed by atoms with Crippen LogP contribution in [0.5, 0.6) is 11.5 Å². The predicted molar refractivity (Wildman–Crippen MR) is 110 cm³/mol. The zero-order chi connectivity index (χ0) is 21.5. The van der Waals surface area contributed by atoms with Crippen molar-refractivity contribution in [2.45, 2.75) is 52.5 Å². The molecule has 0 saturated heterocycles. The molecule has 4 rings (SSSR count). The number of imidazole rings is 1. The van der Waals surface area contributed by atoms with E-state index >= 15 is 0 Å². The lowest BCUT2D eigenvalue weighted by Crippen LogP contribution is -2.32. The summed E-state index contributed by atoms with van der Waals surface area (Å²) in [6, 6.07) is 5.54. The molecule has 3 heterocycles. The third-order valence-corrected chi connectivity index (χ3v) is 4.93. The molecule has 0 saturated carbocycles. The van der Waals surface area contributed by atoms with Crippen LogP contribution < -0.4 is 9.47 Å². The summed E-state index contributed by atoms with van der Waals surface area (Å²) in [6.45, 7) is 8.47. The molecule has 1 aliphatic rings. The maximum Gasteiger partial charge on any atom is 0.207 e. The largest absolute Gasteiger partial charge is 0.491 e. The zero-order valence-electron chi connectivity index (χ0n) is 17.7. The van der Waals surface area contributed by atoms with Gasteiger partial charge in [-0.15, -0.1) is 0 Å². The summed E-state index contributed by atoms with van der Waals surface area (Å²) in [7, 11) is 0. The van der Waals surface area contributed by atoms with E-state index in [2.05, 4.69) is 28.5 Å². The third kappa shape index (κ3) is 3.90. The summed E-state index contributed by atoms with van der Waals surface area (Å²) in [6.07, 6.45) is 2.08. The van der Waals surface area contributed by atoms with Gasteiger partial charge in [0.25, 0.3) is 0 Å². The number of hydrogen-bond donors (Lipinski definition) is 2. The Morgan fingerprint density at radius 2 is 2.07 bits per heavy atom. The van der Waals surface area contributed by atoms with Crippen molar-refractivity contribution in [1.29, 1.82) is 0 Å². The number of benzene rings is 1. The van der Waals surface area contributed by atoms with Crippen molar-refractivity contribution in [2.24, 2.45) is 0 Å². The van der Waals surface area contributed by atoms with Gasteiger partial charge >= 0.3 is 0 Å². The van der Waals surface area contributed by atoms with E-state index in [-0.39, 0.29) is 19.1 Å². The molecule has 1 aromatic carbocycles. The van der Waals surface area contributed by atoms with Crippen molar-refractivity contribution in [1.82, 2.24) is 24.3 Å². The third-order valence-electron chi connectivity index (χ3n) is 4.93. The molecule has 2 aromatic heterocycles. The molecular formula is C21H27N5O4. The van der Waals surface area contributed by atoms with Crippen LogP contribution in [-0.4, -0.2) is 53.5 Å². The maximum atomic E-state index is 10.2. The highest BCUT2D eigenvalue weighted by Crippen LogP contribution is 2.37. The van der Waals surface area contributed by atoms with E-state index in [1.165, 1.54) is 6.92 Å². The fraction of sp³-hybridized carbons (Fsp3) is 0.476. The molecular weight excluding hydrogens is 386 g/mol. The van der Waals surface area contributed by atoms with Gasteiger partial charge in [-0.05, 0) is 32.9 Å². The number of aryl methyl sites for hydroxylation is 1. The van der Waals surface area contributed by atoms with Gasteiger partial charge in [-0.2, -0.15) is 5.10 Å². The van der Waals surface area contributed by atoms with Gasteiger partial charge < -0.3 is 24.3 Å². The first-order valence-electron chi connectivity index (χ1n) is 10.1. The molecule has 160 valence electrons. The summed E-state index contributed by atoms with van der Waals surface area (Å²) in [5.74, 6) is 1.86. The first-order chi connectivity index (χ1) is 14.3. The van der Waals surface area contributed by atoms with Crippen LogP contribution in [0.1, 0.15) is 39.1 Å². The normalized spacial score (nSPS) is 15.2. The van der Waals surface area contributed by atoms with Crippen LogP contribution in [0.15, 0.2) is 24.4 Å². The van der Waals surface area contributed by atoms with Crippen LogP contribution in [-0.2, 0) is 6.54 Å². The lowest BCUT2D eigenvalue weighted by molar-refractivity contribution is -0.132. The van der Waals surface area contributed by atoms with Crippen LogP contribution in [0, 0.1) is 6.92 Å². The minimum absolute atomic E-state index is 0.106. The Morgan fingerprint density at radius 1 is 1.27 bits per heavy atom. The van der Waals surface area contributed by atoms with Crippen LogP contribution in [0.4, 0.5) is 0 Å². The van der Waals surface area contributed by atoms with E-state index in [9.17, 15) is 5.11 Å². The molecule has 0 amide bonds. The second-order valence-corrected chi connectivity index (χ2v) is 7.92. The van der Waals surface area contributed by atoms with Crippen molar-refractivity contribution in [3.05, 3.63) is 30.2 Å². The SMILES string of the molecule is Cc1nc(-c2cn3c(n2)-c2ccc(OC(C)(O)CCO)cc2OCC3)n(C(C)C)n1. The van der Waals surface area contributed by atoms with Crippen LogP contribution in [0.3, 0.4) is 0 Å². The Kier molecular flexibility index (Phi) is 5.25. The van der Waals surface area contributed by atoms with Gasteiger partial charge in [-0.3, -0.25) is 0 Å². The quantitative estimate of drug-likeness (QED) is 0.598. The van der Waals surface area contributed by atoms with Crippen molar-refractivity contribution in [2.75, 3.05) is 13.2 Å². The highest BCUT2D eigenvalue weighted by molar-refractivity contribution is 5.69. The lowest BCUT2D eigenvalue weighted by atomic mass is 10.1. The van der Waals surface area contributed by atoms with E-state index in [4.69, 9.17) is 19.6 Å². The molecule has 0 spiro atoms. The number of nitrogens with zero attached hydrogens (tertiary/aromatic N) is 5. The standard InChI is InChI=1S/C21H27N5O4/c1-13(2)26-20(22-14(3)24-26)17-12-25-8-10-29-18-11-15(30-21(4,28)7-9-27)5-6-16(18)19(25)23-17/h5-6,11-13,27-28H,7-10H2,1-4H3. The molecule has 0 aliphatic carbocycles. The Morgan fingerprint density at radius 3 is 2.80 bits per heavy atom.